The van der Waals surface area contributed by atoms with Crippen LogP contribution >= 0.6 is 0 Å². The van der Waals surface area contributed by atoms with Crippen molar-refractivity contribution in [3.05, 3.63) is 28.8 Å². The molecule has 0 fully saturated rings. The van der Waals surface area contributed by atoms with E-state index in [1.54, 1.807) is 0 Å². The highest BCUT2D eigenvalue weighted by atomic mass is 16.3. The summed E-state index contributed by atoms with van der Waals surface area (Å²) in [6, 6.07) is 3.57. The van der Waals surface area contributed by atoms with Crippen molar-refractivity contribution in [2.24, 2.45) is 5.73 Å². The maximum atomic E-state index is 9.55. The number of phenolic OH excluding ortho intramolecular Hbond substituents is 1. The summed E-state index contributed by atoms with van der Waals surface area (Å²) in [6.45, 7) is 3.77. The van der Waals surface area contributed by atoms with Crippen molar-refractivity contribution in [1.29, 1.82) is 0 Å². The molecule has 1 atom stereocenters. The highest BCUT2D eigenvalue weighted by molar-refractivity contribution is 5.43. The molecular formula is C11H17NO2. The van der Waals surface area contributed by atoms with Crippen molar-refractivity contribution in [3.8, 4) is 5.75 Å². The van der Waals surface area contributed by atoms with E-state index in [9.17, 15) is 5.11 Å². The maximum Gasteiger partial charge on any atom is 0.121 e. The Morgan fingerprint density at radius 1 is 1.29 bits per heavy atom. The molecule has 3 nitrogen and oxygen atoms in total. The molecule has 0 aliphatic heterocycles. The molecule has 3 heteroatoms. The van der Waals surface area contributed by atoms with Crippen LogP contribution in [-0.2, 0) is 0 Å². The number of nitrogens with two attached hydrogens (primary N) is 1. The lowest BCUT2D eigenvalue weighted by atomic mass is 9.99. The lowest BCUT2D eigenvalue weighted by Crippen LogP contribution is -2.12. The Bertz CT molecular complexity index is 300. The predicted molar refractivity (Wildman–Crippen MR) is 56.2 cm³/mol. The zero-order valence-corrected chi connectivity index (χ0v) is 8.62. The second-order valence-electron chi connectivity index (χ2n) is 3.62. The molecule has 0 spiro atoms. The number of hydrogen-bond acceptors (Lipinski definition) is 3. The Morgan fingerprint density at radius 3 is 2.21 bits per heavy atom. The molecule has 14 heavy (non-hydrogen) atoms. The lowest BCUT2D eigenvalue weighted by Gasteiger charge is -2.13. The zero-order valence-electron chi connectivity index (χ0n) is 8.62. The lowest BCUT2D eigenvalue weighted by molar-refractivity contribution is 0.276. The van der Waals surface area contributed by atoms with E-state index in [1.165, 1.54) is 0 Å². The summed E-state index contributed by atoms with van der Waals surface area (Å²) < 4.78 is 0. The Hall–Kier alpha value is -1.06. The molecule has 4 N–H and O–H groups in total. The van der Waals surface area contributed by atoms with E-state index in [1.807, 2.05) is 26.0 Å². The van der Waals surface area contributed by atoms with E-state index < -0.39 is 0 Å². The van der Waals surface area contributed by atoms with Gasteiger partial charge in [0, 0.05) is 12.6 Å². The van der Waals surface area contributed by atoms with Crippen LogP contribution in [-0.4, -0.2) is 16.8 Å². The van der Waals surface area contributed by atoms with Gasteiger partial charge in [0.15, 0.2) is 0 Å². The van der Waals surface area contributed by atoms with Crippen LogP contribution < -0.4 is 5.73 Å². The summed E-state index contributed by atoms with van der Waals surface area (Å²) in [6.07, 6.45) is 0.545. The summed E-state index contributed by atoms with van der Waals surface area (Å²) in [5.41, 5.74) is 8.47. The molecule has 0 saturated carbocycles. The Labute approximate surface area is 84.2 Å². The largest absolute Gasteiger partial charge is 0.507 e. The highest BCUT2D eigenvalue weighted by Crippen LogP contribution is 2.26. The van der Waals surface area contributed by atoms with Crippen LogP contribution in [0.25, 0.3) is 0 Å². The van der Waals surface area contributed by atoms with Crippen molar-refractivity contribution < 1.29 is 10.2 Å². The minimum atomic E-state index is -0.155. The van der Waals surface area contributed by atoms with Crippen molar-refractivity contribution in [2.45, 2.75) is 26.3 Å². The Balaban J connectivity index is 3.00. The number of aliphatic hydroxyl groups excluding tert-OH is 1. The number of aryl methyl sites for hydroxylation is 2. The monoisotopic (exact) mass is 195 g/mol. The summed E-state index contributed by atoms with van der Waals surface area (Å²) in [5.74, 6) is 0.324. The van der Waals surface area contributed by atoms with Gasteiger partial charge in [-0.05, 0) is 37.0 Å². The molecule has 0 saturated heterocycles. The zero-order chi connectivity index (χ0) is 10.7. The minimum Gasteiger partial charge on any atom is -0.507 e. The molecule has 0 aliphatic carbocycles. The number of phenols is 1. The average molecular weight is 195 g/mol. The van der Waals surface area contributed by atoms with Crippen LogP contribution in [0.1, 0.15) is 29.2 Å². The van der Waals surface area contributed by atoms with Crippen LogP contribution in [0, 0.1) is 13.8 Å². The first-order valence-corrected chi connectivity index (χ1v) is 4.72. The first-order chi connectivity index (χ1) is 6.56. The number of hydrogen-bond donors (Lipinski definition) is 3. The van der Waals surface area contributed by atoms with Gasteiger partial charge in [-0.1, -0.05) is 12.1 Å². The smallest absolute Gasteiger partial charge is 0.121 e. The average Bonchev–Trinajstić information content (AvgIpc) is 2.13. The SMILES string of the molecule is Cc1cc(C(N)CCO)cc(C)c1O. The molecule has 0 aliphatic rings. The third-order valence-electron chi connectivity index (χ3n) is 2.38. The summed E-state index contributed by atoms with van der Waals surface area (Å²) in [4.78, 5) is 0. The number of aliphatic hydroxyl groups is 1. The predicted octanol–water partition coefficient (Wildman–Crippen LogP) is 1.39. The fourth-order valence-corrected chi connectivity index (χ4v) is 1.51. The second kappa shape index (κ2) is 4.44. The van der Waals surface area contributed by atoms with Gasteiger partial charge in [-0.2, -0.15) is 0 Å². The van der Waals surface area contributed by atoms with Crippen LogP contribution in [0.15, 0.2) is 12.1 Å². The fraction of sp³-hybridized carbons (Fsp3) is 0.455. The van der Waals surface area contributed by atoms with Gasteiger partial charge in [0.1, 0.15) is 5.75 Å². The third kappa shape index (κ3) is 2.25. The van der Waals surface area contributed by atoms with E-state index in [2.05, 4.69) is 0 Å². The molecule has 1 unspecified atom stereocenters. The Kier molecular flexibility index (Phi) is 3.49. The molecule has 1 rings (SSSR count). The van der Waals surface area contributed by atoms with Crippen molar-refractivity contribution in [3.63, 3.8) is 0 Å². The first-order valence-electron chi connectivity index (χ1n) is 4.72. The number of rotatable bonds is 3. The number of aromatic hydroxyl groups is 1. The van der Waals surface area contributed by atoms with Crippen molar-refractivity contribution in [1.82, 2.24) is 0 Å². The third-order valence-corrected chi connectivity index (χ3v) is 2.38. The summed E-state index contributed by atoms with van der Waals surface area (Å²) in [5, 5.41) is 18.3. The van der Waals surface area contributed by atoms with Crippen LogP contribution in [0.4, 0.5) is 0 Å². The molecule has 1 aromatic carbocycles. The van der Waals surface area contributed by atoms with Crippen molar-refractivity contribution >= 4 is 0 Å². The minimum absolute atomic E-state index is 0.0835. The van der Waals surface area contributed by atoms with Crippen LogP contribution in [0.5, 0.6) is 5.75 Å². The normalized spacial score (nSPS) is 12.9. The van der Waals surface area contributed by atoms with Crippen LogP contribution in [0.2, 0.25) is 0 Å². The maximum absolute atomic E-state index is 9.55. The molecule has 0 heterocycles. The van der Waals surface area contributed by atoms with E-state index in [0.29, 0.717) is 12.2 Å². The summed E-state index contributed by atoms with van der Waals surface area (Å²) in [7, 11) is 0. The number of benzene rings is 1. The summed E-state index contributed by atoms with van der Waals surface area (Å²) >= 11 is 0. The van der Waals surface area contributed by atoms with Gasteiger partial charge >= 0.3 is 0 Å². The topological polar surface area (TPSA) is 66.5 Å². The quantitative estimate of drug-likeness (QED) is 0.682. The second-order valence-corrected chi connectivity index (χ2v) is 3.62. The van der Waals surface area contributed by atoms with Gasteiger partial charge in [-0.3, -0.25) is 0 Å². The molecule has 78 valence electrons. The fourth-order valence-electron chi connectivity index (χ4n) is 1.51. The van der Waals surface area contributed by atoms with E-state index in [0.717, 1.165) is 16.7 Å². The van der Waals surface area contributed by atoms with Crippen LogP contribution in [0.3, 0.4) is 0 Å². The molecule has 0 radical (unpaired) electrons. The Morgan fingerprint density at radius 2 is 1.79 bits per heavy atom. The molecular weight excluding hydrogens is 178 g/mol. The molecule has 0 bridgehead atoms. The van der Waals surface area contributed by atoms with E-state index in [4.69, 9.17) is 10.8 Å². The van der Waals surface area contributed by atoms with Gasteiger partial charge in [-0.15, -0.1) is 0 Å². The highest BCUT2D eigenvalue weighted by Gasteiger charge is 2.09. The molecule has 0 amide bonds. The first kappa shape index (κ1) is 11.0. The van der Waals surface area contributed by atoms with Gasteiger partial charge in [-0.25, -0.2) is 0 Å². The standard InChI is InChI=1S/C11H17NO2/c1-7-5-9(10(12)3-4-13)6-8(2)11(7)14/h5-6,10,13-14H,3-4,12H2,1-2H3. The van der Waals surface area contributed by atoms with E-state index in [-0.39, 0.29) is 12.6 Å². The van der Waals surface area contributed by atoms with Gasteiger partial charge in [0.05, 0.1) is 0 Å². The molecule has 1 aromatic rings. The molecule has 0 aromatic heterocycles. The van der Waals surface area contributed by atoms with Gasteiger partial charge in [0.2, 0.25) is 0 Å². The van der Waals surface area contributed by atoms with E-state index >= 15 is 0 Å². The van der Waals surface area contributed by atoms with Gasteiger partial charge in [0.25, 0.3) is 0 Å². The van der Waals surface area contributed by atoms with Crippen molar-refractivity contribution in [2.75, 3.05) is 6.61 Å². The van der Waals surface area contributed by atoms with Gasteiger partial charge < -0.3 is 15.9 Å².